The highest BCUT2D eigenvalue weighted by molar-refractivity contribution is 7.13. The van der Waals surface area contributed by atoms with Crippen LogP contribution in [0.2, 0.25) is 0 Å². The summed E-state index contributed by atoms with van der Waals surface area (Å²) < 4.78 is 65.3. The lowest BCUT2D eigenvalue weighted by Gasteiger charge is -2.42. The molecule has 5 rings (SSSR count). The predicted octanol–water partition coefficient (Wildman–Crippen LogP) is 4.50. The van der Waals surface area contributed by atoms with E-state index < -0.39 is 29.7 Å². The second-order valence-electron chi connectivity index (χ2n) is 10.5. The molecule has 2 saturated heterocycles. The molecule has 3 aromatic heterocycles. The summed E-state index contributed by atoms with van der Waals surface area (Å²) in [6, 6.07) is 9.76. The van der Waals surface area contributed by atoms with Gasteiger partial charge in [-0.05, 0) is 49.6 Å². The van der Waals surface area contributed by atoms with E-state index in [0.717, 1.165) is 40.4 Å². The largest absolute Gasteiger partial charge is 0.490 e. The zero-order chi connectivity index (χ0) is 34.4. The Bertz CT molecular complexity index is 1520. The molecule has 0 aromatic carbocycles. The van der Waals surface area contributed by atoms with Crippen LogP contribution in [0, 0.1) is 12.3 Å². The third-order valence-electron chi connectivity index (χ3n) is 7.34. The summed E-state index contributed by atoms with van der Waals surface area (Å²) in [6.07, 6.45) is -3.14. The number of carbonyl (C=O) groups is 4. The summed E-state index contributed by atoms with van der Waals surface area (Å²) in [7, 11) is 1.91. The van der Waals surface area contributed by atoms with Gasteiger partial charge in [0.1, 0.15) is 0 Å². The number of thiophene rings is 1. The summed E-state index contributed by atoms with van der Waals surface area (Å²) in [5, 5.41) is 18.6. The monoisotopic (exact) mass is 677 g/mol. The molecule has 0 aliphatic carbocycles. The van der Waals surface area contributed by atoms with Crippen LogP contribution in [0.3, 0.4) is 0 Å². The molecule has 5 heterocycles. The first-order valence-corrected chi connectivity index (χ1v) is 14.3. The van der Waals surface area contributed by atoms with Gasteiger partial charge in [-0.3, -0.25) is 19.3 Å². The molecule has 46 heavy (non-hydrogen) atoms. The number of halogens is 6. The minimum atomic E-state index is -5.08. The standard InChI is InChI=1S/C24H27N5O2S.2C2HF3O2/c1-17-6-7-21(32-17)22(30)29-15-19(20-8-11-26-27(20)2)24(16-29)9-4-12-28(23(24)31)14-18-5-3-10-25-13-18;2*3-2(4,5)1(6)7/h3,5-8,10-11,13,19H,4,9,12,14-16H2,1-2H3;2*(H,6,7)/t19-,24+;;/m0../s1. The van der Waals surface area contributed by atoms with Crippen molar-refractivity contribution in [1.82, 2.24) is 24.6 Å². The molecule has 2 N–H and O–H groups in total. The number of amides is 2. The number of aryl methyl sites for hydroxylation is 2. The lowest BCUT2D eigenvalue weighted by Crippen LogP contribution is -2.52. The molecule has 1 spiro atoms. The zero-order valence-corrected chi connectivity index (χ0v) is 25.2. The minimum Gasteiger partial charge on any atom is -0.475 e. The van der Waals surface area contributed by atoms with Crippen LogP contribution in [0.1, 0.15) is 44.6 Å². The van der Waals surface area contributed by atoms with Crippen molar-refractivity contribution < 1.29 is 55.7 Å². The number of carboxylic acids is 2. The van der Waals surface area contributed by atoms with Crippen LogP contribution in [0.5, 0.6) is 0 Å². The van der Waals surface area contributed by atoms with Gasteiger partial charge in [0.05, 0.1) is 10.3 Å². The highest BCUT2D eigenvalue weighted by atomic mass is 32.1. The van der Waals surface area contributed by atoms with Gasteiger partial charge in [0.15, 0.2) is 0 Å². The molecule has 0 bridgehead atoms. The Morgan fingerprint density at radius 2 is 1.65 bits per heavy atom. The molecular weight excluding hydrogens is 648 g/mol. The van der Waals surface area contributed by atoms with Crippen LogP contribution in [0.4, 0.5) is 26.3 Å². The fourth-order valence-corrected chi connectivity index (χ4v) is 6.15. The number of hydrogen-bond donors (Lipinski definition) is 2. The molecule has 0 radical (unpaired) electrons. The van der Waals surface area contributed by atoms with Crippen molar-refractivity contribution in [3.05, 3.63) is 69.9 Å². The maximum atomic E-state index is 14.0. The second kappa shape index (κ2) is 14.3. The van der Waals surface area contributed by atoms with Gasteiger partial charge in [-0.25, -0.2) is 9.59 Å². The Balaban J connectivity index is 0.000000345. The van der Waals surface area contributed by atoms with Gasteiger partial charge >= 0.3 is 24.3 Å². The first-order chi connectivity index (χ1) is 21.4. The Labute approximate surface area is 262 Å². The average molecular weight is 678 g/mol. The molecule has 2 atom stereocenters. The number of carbonyl (C=O) groups excluding carboxylic acids is 2. The molecule has 2 amide bonds. The molecule has 3 aromatic rings. The van der Waals surface area contributed by atoms with Crippen molar-refractivity contribution in [1.29, 1.82) is 0 Å². The number of nitrogens with zero attached hydrogens (tertiary/aromatic N) is 5. The zero-order valence-electron chi connectivity index (χ0n) is 24.4. The van der Waals surface area contributed by atoms with Gasteiger partial charge in [0, 0.05) is 68.3 Å². The molecule has 11 nitrogen and oxygen atoms in total. The minimum absolute atomic E-state index is 0.0179. The molecule has 0 saturated carbocycles. The molecule has 2 aliphatic heterocycles. The summed E-state index contributed by atoms with van der Waals surface area (Å²) in [5.74, 6) is -5.44. The summed E-state index contributed by atoms with van der Waals surface area (Å²) in [6.45, 7) is 4.26. The molecule has 18 heteroatoms. The van der Waals surface area contributed by atoms with Gasteiger partial charge in [0.25, 0.3) is 5.91 Å². The van der Waals surface area contributed by atoms with Gasteiger partial charge in [0.2, 0.25) is 5.91 Å². The molecule has 250 valence electrons. The fraction of sp³-hybridized carbons (Fsp3) is 0.429. The molecule has 2 fully saturated rings. The van der Waals surface area contributed by atoms with E-state index in [1.807, 2.05) is 65.0 Å². The van der Waals surface area contributed by atoms with Gasteiger partial charge in [-0.1, -0.05) is 6.07 Å². The van der Waals surface area contributed by atoms with Crippen molar-refractivity contribution in [2.45, 2.75) is 44.6 Å². The van der Waals surface area contributed by atoms with Crippen molar-refractivity contribution in [3.8, 4) is 0 Å². The third-order valence-corrected chi connectivity index (χ3v) is 8.33. The van der Waals surface area contributed by atoms with E-state index in [4.69, 9.17) is 19.8 Å². The number of pyridine rings is 1. The Morgan fingerprint density at radius 3 is 2.13 bits per heavy atom. The quantitative estimate of drug-likeness (QED) is 0.384. The number of aromatic nitrogens is 3. The smallest absolute Gasteiger partial charge is 0.475 e. The normalized spacial score (nSPS) is 19.7. The lowest BCUT2D eigenvalue weighted by molar-refractivity contribution is -0.193. The van der Waals surface area contributed by atoms with Crippen LogP contribution < -0.4 is 0 Å². The Hall–Kier alpha value is -4.48. The van der Waals surface area contributed by atoms with Gasteiger partial charge in [-0.15, -0.1) is 11.3 Å². The van der Waals surface area contributed by atoms with Crippen molar-refractivity contribution in [3.63, 3.8) is 0 Å². The van der Waals surface area contributed by atoms with E-state index in [2.05, 4.69) is 10.1 Å². The summed E-state index contributed by atoms with van der Waals surface area (Å²) in [5.41, 5.74) is 1.41. The van der Waals surface area contributed by atoms with Crippen molar-refractivity contribution in [2.24, 2.45) is 12.5 Å². The second-order valence-corrected chi connectivity index (χ2v) is 11.8. The Kier molecular flexibility index (Phi) is 11.2. The van der Waals surface area contributed by atoms with Gasteiger partial charge < -0.3 is 20.0 Å². The SMILES string of the molecule is Cc1ccc(C(=O)N2C[C@@H](c3ccnn3C)[C@@]3(CCCN(Cc4cccnc4)C3=O)C2)s1.O=C(O)C(F)(F)F.O=C(O)C(F)(F)F. The number of carboxylic acid groups (broad SMARTS) is 2. The molecule has 2 aliphatic rings. The summed E-state index contributed by atoms with van der Waals surface area (Å²) >= 11 is 1.51. The first kappa shape index (κ1) is 36.0. The number of likely N-dealkylation sites (tertiary alicyclic amines) is 2. The van der Waals surface area contributed by atoms with Crippen LogP contribution in [-0.2, 0) is 28.0 Å². The van der Waals surface area contributed by atoms with Crippen molar-refractivity contribution >= 4 is 35.1 Å². The van der Waals surface area contributed by atoms with Crippen molar-refractivity contribution in [2.75, 3.05) is 19.6 Å². The van der Waals surface area contributed by atoms with Gasteiger partial charge in [-0.2, -0.15) is 31.4 Å². The lowest BCUT2D eigenvalue weighted by atomic mass is 9.70. The van der Waals surface area contributed by atoms with E-state index in [0.29, 0.717) is 19.6 Å². The highest BCUT2D eigenvalue weighted by Gasteiger charge is 2.57. The third kappa shape index (κ3) is 8.61. The van der Waals surface area contributed by atoms with Crippen LogP contribution >= 0.6 is 11.3 Å². The van der Waals surface area contributed by atoms with Crippen LogP contribution in [0.15, 0.2) is 48.9 Å². The number of aliphatic carboxylic acids is 2. The van der Waals surface area contributed by atoms with E-state index in [1.54, 1.807) is 12.4 Å². The number of piperidine rings is 1. The van der Waals surface area contributed by atoms with E-state index in [-0.39, 0.29) is 17.7 Å². The molecule has 0 unspecified atom stereocenters. The van der Waals surface area contributed by atoms with E-state index in [1.165, 1.54) is 11.3 Å². The number of rotatable bonds is 4. The first-order valence-electron chi connectivity index (χ1n) is 13.5. The number of alkyl halides is 6. The van der Waals surface area contributed by atoms with Crippen LogP contribution in [0.25, 0.3) is 0 Å². The maximum absolute atomic E-state index is 14.0. The topological polar surface area (TPSA) is 146 Å². The predicted molar refractivity (Wildman–Crippen MR) is 150 cm³/mol. The molecular formula is C28H29F6N5O6S. The summed E-state index contributed by atoms with van der Waals surface area (Å²) in [4.78, 5) is 55.0. The maximum Gasteiger partial charge on any atom is 0.490 e. The average Bonchev–Trinajstić information content (AvgIpc) is 3.70. The van der Waals surface area contributed by atoms with Crippen LogP contribution in [-0.4, -0.2) is 90.5 Å². The highest BCUT2D eigenvalue weighted by Crippen LogP contribution is 2.50. The van der Waals surface area contributed by atoms with E-state index >= 15 is 0 Å². The Morgan fingerprint density at radius 1 is 1.02 bits per heavy atom. The number of hydrogen-bond acceptors (Lipinski definition) is 7. The fourth-order valence-electron chi connectivity index (χ4n) is 5.31. The van der Waals surface area contributed by atoms with E-state index in [9.17, 15) is 35.9 Å².